The number of rotatable bonds is 5. The Bertz CT molecular complexity index is 266. The highest BCUT2D eigenvalue weighted by Crippen LogP contribution is 2.49. The molecule has 2 unspecified atom stereocenters. The molecule has 17 heavy (non-hydrogen) atoms. The lowest BCUT2D eigenvalue weighted by atomic mass is 10.00. The van der Waals surface area contributed by atoms with Gasteiger partial charge >= 0.3 is 0 Å². The van der Waals surface area contributed by atoms with Crippen LogP contribution in [0.2, 0.25) is 0 Å². The largest absolute Gasteiger partial charge is 0.355 e. The lowest BCUT2D eigenvalue weighted by Crippen LogP contribution is -2.34. The fraction of sp³-hybridized carbons (Fsp3) is 0.923. The number of carbonyl (C=O) groups is 1. The molecule has 2 fully saturated rings. The van der Waals surface area contributed by atoms with Gasteiger partial charge in [-0.2, -0.15) is 0 Å². The van der Waals surface area contributed by atoms with Crippen LogP contribution in [0.15, 0.2) is 0 Å². The molecule has 3 nitrogen and oxygen atoms in total. The zero-order chi connectivity index (χ0) is 11.6. The molecule has 1 amide bonds. The minimum Gasteiger partial charge on any atom is -0.355 e. The highest BCUT2D eigenvalue weighted by atomic mass is 35.5. The third-order valence-electron chi connectivity index (χ3n) is 4.22. The monoisotopic (exact) mass is 260 g/mol. The van der Waals surface area contributed by atoms with Gasteiger partial charge in [-0.1, -0.05) is 13.3 Å². The van der Waals surface area contributed by atoms with E-state index in [1.54, 1.807) is 0 Å². The summed E-state index contributed by atoms with van der Waals surface area (Å²) in [6.45, 7) is 3.11. The van der Waals surface area contributed by atoms with Crippen molar-refractivity contribution in [2.75, 3.05) is 6.54 Å². The molecule has 0 aromatic carbocycles. The van der Waals surface area contributed by atoms with E-state index in [0.29, 0.717) is 5.41 Å². The average Bonchev–Trinajstić information content (AvgIpc) is 2.89. The van der Waals surface area contributed by atoms with E-state index in [0.717, 1.165) is 25.8 Å². The smallest absolute Gasteiger partial charge is 0.223 e. The first kappa shape index (κ1) is 14.8. The van der Waals surface area contributed by atoms with Crippen LogP contribution in [0.25, 0.3) is 0 Å². The third-order valence-corrected chi connectivity index (χ3v) is 4.22. The summed E-state index contributed by atoms with van der Waals surface area (Å²) in [6.07, 6.45) is 7.96. The van der Waals surface area contributed by atoms with E-state index in [2.05, 4.69) is 12.2 Å². The Balaban J connectivity index is 0.00000144. The maximum atomic E-state index is 11.9. The number of hydrogen-bond acceptors (Lipinski definition) is 2. The Kier molecular flexibility index (Phi) is 5.26. The molecular weight excluding hydrogens is 236 g/mol. The van der Waals surface area contributed by atoms with Gasteiger partial charge in [-0.15, -0.1) is 12.4 Å². The topological polar surface area (TPSA) is 55.1 Å². The minimum absolute atomic E-state index is 0. The molecule has 2 aliphatic rings. The molecule has 0 heterocycles. The van der Waals surface area contributed by atoms with Gasteiger partial charge in [-0.05, 0) is 43.9 Å². The van der Waals surface area contributed by atoms with Crippen LogP contribution in [-0.4, -0.2) is 18.5 Å². The molecule has 2 rings (SSSR count). The summed E-state index contributed by atoms with van der Waals surface area (Å²) in [5.74, 6) is 0.433. The number of halogens is 1. The number of amides is 1. The van der Waals surface area contributed by atoms with Gasteiger partial charge in [-0.25, -0.2) is 0 Å². The molecule has 0 aliphatic heterocycles. The van der Waals surface area contributed by atoms with Crippen LogP contribution in [0.1, 0.15) is 51.9 Å². The van der Waals surface area contributed by atoms with Crippen LogP contribution in [0, 0.1) is 11.3 Å². The van der Waals surface area contributed by atoms with E-state index in [1.165, 1.54) is 25.7 Å². The molecule has 0 saturated heterocycles. The number of nitrogens with two attached hydrogens (primary N) is 1. The molecule has 0 aromatic heterocycles. The highest BCUT2D eigenvalue weighted by Gasteiger charge is 2.42. The summed E-state index contributed by atoms with van der Waals surface area (Å²) in [6, 6.07) is 0.251. The Labute approximate surface area is 110 Å². The summed E-state index contributed by atoms with van der Waals surface area (Å²) in [5.41, 5.74) is 6.29. The maximum absolute atomic E-state index is 11.9. The summed E-state index contributed by atoms with van der Waals surface area (Å²) in [4.78, 5) is 11.9. The quantitative estimate of drug-likeness (QED) is 0.797. The summed E-state index contributed by atoms with van der Waals surface area (Å²) in [7, 11) is 0. The van der Waals surface area contributed by atoms with Gasteiger partial charge < -0.3 is 11.1 Å². The van der Waals surface area contributed by atoms with Crippen LogP contribution in [0.3, 0.4) is 0 Å². The molecule has 0 bridgehead atoms. The van der Waals surface area contributed by atoms with Crippen LogP contribution < -0.4 is 11.1 Å². The molecule has 0 spiro atoms. The van der Waals surface area contributed by atoms with Crippen molar-refractivity contribution >= 4 is 18.3 Å². The minimum atomic E-state index is 0. The van der Waals surface area contributed by atoms with Gasteiger partial charge in [0.05, 0.1) is 0 Å². The van der Waals surface area contributed by atoms with Gasteiger partial charge in [0, 0.05) is 18.5 Å². The molecule has 0 aromatic rings. The van der Waals surface area contributed by atoms with E-state index in [-0.39, 0.29) is 30.3 Å². The Hall–Kier alpha value is -0.280. The standard InChI is InChI=1S/C13H24N2O.ClH/c1-2-5-13(6-7-13)9-15-12(16)10-3-4-11(14)8-10;/h10-11H,2-9,14H2,1H3,(H,15,16);1H. The Morgan fingerprint density at radius 1 is 1.41 bits per heavy atom. The van der Waals surface area contributed by atoms with Crippen LogP contribution >= 0.6 is 12.4 Å². The van der Waals surface area contributed by atoms with Gasteiger partial charge in [0.1, 0.15) is 0 Å². The van der Waals surface area contributed by atoms with E-state index in [1.807, 2.05) is 0 Å². The summed E-state index contributed by atoms with van der Waals surface area (Å²) in [5, 5.41) is 3.14. The van der Waals surface area contributed by atoms with Gasteiger partial charge in [0.15, 0.2) is 0 Å². The van der Waals surface area contributed by atoms with E-state index >= 15 is 0 Å². The van der Waals surface area contributed by atoms with Crippen molar-refractivity contribution in [2.24, 2.45) is 17.1 Å². The normalized spacial score (nSPS) is 29.5. The van der Waals surface area contributed by atoms with Gasteiger partial charge in [0.25, 0.3) is 0 Å². The predicted molar refractivity (Wildman–Crippen MR) is 72.1 cm³/mol. The SMILES string of the molecule is CCCC1(CNC(=O)C2CCC(N)C2)CC1.Cl. The highest BCUT2D eigenvalue weighted by molar-refractivity contribution is 5.85. The average molecular weight is 261 g/mol. The molecule has 4 heteroatoms. The second-order valence-corrected chi connectivity index (χ2v) is 5.74. The number of nitrogens with one attached hydrogen (secondary N) is 1. The maximum Gasteiger partial charge on any atom is 0.223 e. The molecule has 2 saturated carbocycles. The number of hydrogen-bond donors (Lipinski definition) is 2. The first-order chi connectivity index (χ1) is 7.65. The van der Waals surface area contributed by atoms with Crippen molar-refractivity contribution in [3.8, 4) is 0 Å². The van der Waals surface area contributed by atoms with Crippen molar-refractivity contribution in [1.82, 2.24) is 5.32 Å². The Morgan fingerprint density at radius 3 is 2.59 bits per heavy atom. The lowest BCUT2D eigenvalue weighted by Gasteiger charge is -2.17. The fourth-order valence-corrected chi connectivity index (χ4v) is 2.90. The zero-order valence-corrected chi connectivity index (χ0v) is 11.5. The fourth-order valence-electron chi connectivity index (χ4n) is 2.90. The molecular formula is C13H25ClN2O. The summed E-state index contributed by atoms with van der Waals surface area (Å²) >= 11 is 0. The molecule has 100 valence electrons. The molecule has 0 radical (unpaired) electrons. The lowest BCUT2D eigenvalue weighted by molar-refractivity contribution is -0.125. The van der Waals surface area contributed by atoms with Gasteiger partial charge in [-0.3, -0.25) is 4.79 Å². The molecule has 3 N–H and O–H groups in total. The van der Waals surface area contributed by atoms with Crippen molar-refractivity contribution in [1.29, 1.82) is 0 Å². The van der Waals surface area contributed by atoms with Crippen molar-refractivity contribution in [3.63, 3.8) is 0 Å². The molecule has 2 atom stereocenters. The van der Waals surface area contributed by atoms with Crippen LogP contribution in [0.5, 0.6) is 0 Å². The zero-order valence-electron chi connectivity index (χ0n) is 10.7. The van der Waals surface area contributed by atoms with Crippen molar-refractivity contribution in [2.45, 2.75) is 57.9 Å². The van der Waals surface area contributed by atoms with E-state index in [4.69, 9.17) is 5.73 Å². The van der Waals surface area contributed by atoms with Crippen LogP contribution in [0.4, 0.5) is 0 Å². The first-order valence-corrected chi connectivity index (χ1v) is 6.68. The first-order valence-electron chi connectivity index (χ1n) is 6.68. The second kappa shape index (κ2) is 6.05. The summed E-state index contributed by atoms with van der Waals surface area (Å²) < 4.78 is 0. The Morgan fingerprint density at radius 2 is 2.12 bits per heavy atom. The van der Waals surface area contributed by atoms with E-state index < -0.39 is 0 Å². The van der Waals surface area contributed by atoms with Crippen molar-refractivity contribution < 1.29 is 4.79 Å². The van der Waals surface area contributed by atoms with Crippen LogP contribution in [-0.2, 0) is 4.79 Å². The second-order valence-electron chi connectivity index (χ2n) is 5.74. The third kappa shape index (κ3) is 3.85. The molecule has 2 aliphatic carbocycles. The number of carbonyl (C=O) groups excluding carboxylic acids is 1. The van der Waals surface area contributed by atoms with E-state index in [9.17, 15) is 4.79 Å². The van der Waals surface area contributed by atoms with Gasteiger partial charge in [0.2, 0.25) is 5.91 Å². The predicted octanol–water partition coefficient (Wildman–Crippen LogP) is 2.23. The van der Waals surface area contributed by atoms with Crippen molar-refractivity contribution in [3.05, 3.63) is 0 Å².